The number of unbranched alkanes of at least 4 members (excludes halogenated alkanes) is 2. The van der Waals surface area contributed by atoms with E-state index < -0.39 is 180 Å². The summed E-state index contributed by atoms with van der Waals surface area (Å²) in [5, 5.41) is 99.4. The van der Waals surface area contributed by atoms with Gasteiger partial charge in [0.2, 0.25) is 76.8 Å². The molecule has 2 aromatic carbocycles. The van der Waals surface area contributed by atoms with Crippen molar-refractivity contribution in [2.45, 2.75) is 210 Å². The van der Waals surface area contributed by atoms with Crippen molar-refractivity contribution in [2.75, 3.05) is 75.8 Å². The molecule has 13 amide bonds. The number of likely N-dealkylation sites (tertiary alicyclic amines) is 1. The topological polar surface area (TPSA) is 857 Å². The van der Waals surface area contributed by atoms with Gasteiger partial charge in [0.1, 0.15) is 66.2 Å². The second-order valence-corrected chi connectivity index (χ2v) is 31.5. The minimum absolute atomic E-state index is 0.00891. The lowest BCUT2D eigenvalue weighted by Gasteiger charge is -2.29. The number of nitrogens with two attached hydrogens (primary N) is 8. The third-order valence-corrected chi connectivity index (χ3v) is 20.6. The van der Waals surface area contributed by atoms with Crippen molar-refractivity contribution in [1.82, 2.24) is 110 Å². The largest absolute Gasteiger partial charge is 0.508 e. The van der Waals surface area contributed by atoms with Crippen LogP contribution in [0.4, 0.5) is 17.5 Å². The minimum Gasteiger partial charge on any atom is -0.508 e. The number of hydrogen-bond donors (Lipinski definition) is 31. The van der Waals surface area contributed by atoms with Crippen LogP contribution in [0.15, 0.2) is 54.7 Å². The van der Waals surface area contributed by atoms with E-state index in [1.54, 1.807) is 33.0 Å². The standard InChI is InChI=1S/C80H127N35O16/c1-42(2)60(74(131)110-52(17-11-35-98-78(89)90)70(127)108-50(15-9-33-96-76(85)86)68(125)101-40-58(118)115-37-13-19-56(115)73(130)109-51(16-10-34-97-77(87)88)69(126)105-49(63(82)121)14-8-32-95-75(83)84)111-71(128)53(18-12-36-99-79(91)92)106-65(122)43(3)102-72(129)55(38-44-21-27-48(116)28-22-44)104-57(117)20-6-5-7-31-94-67(124)54(29-30-59(119)120)107-66(123)45-23-25-47(26-24-45)114(4)41-46-39-100-64-61(103-46)62(81)112-80(93)113-64/h21-28,39,42-43,49-56,60,116H,5-20,29-38,40-41H2,1-4H3,(H2,82,121)(H,94,124)(H,101,125)(H,102,129)(H,104,117)(H,105,126)(H,106,122)(H,107,123)(H,108,127)(H,109,130)(H,110,131)(H,111,128)(H,119,120)(H4,83,84,95)(H4,85,86,96)(H4,87,88,97)(H4,89,90,98)(H4,91,92,99)(H4,81,93,100,112,113)/t43-,49-,50-,51-,52-,53-,54-,55-,56-,60-/m0/s1. The number of rotatable bonds is 57. The molecule has 4 aromatic rings. The van der Waals surface area contributed by atoms with Crippen LogP contribution in [0.25, 0.3) is 11.2 Å². The van der Waals surface area contributed by atoms with Crippen LogP contribution >= 0.6 is 0 Å². The predicted molar refractivity (Wildman–Crippen MR) is 483 cm³/mol. The number of carbonyl (C=O) groups excluding carboxylic acids is 13. The maximum absolute atomic E-state index is 14.7. The Morgan fingerprint density at radius 1 is 0.489 bits per heavy atom. The zero-order valence-corrected chi connectivity index (χ0v) is 73.8. The maximum Gasteiger partial charge on any atom is 0.303 e. The third-order valence-electron chi connectivity index (χ3n) is 20.6. The van der Waals surface area contributed by atoms with Crippen molar-refractivity contribution < 1.29 is 77.3 Å². The number of carboxylic acid groups (broad SMARTS) is 1. The van der Waals surface area contributed by atoms with Crippen LogP contribution in [-0.2, 0) is 75.3 Å². The van der Waals surface area contributed by atoms with Crippen molar-refractivity contribution in [3.05, 3.63) is 71.5 Å². The number of nitrogen functional groups attached to an aromatic ring is 2. The van der Waals surface area contributed by atoms with E-state index in [0.29, 0.717) is 36.2 Å². The highest BCUT2D eigenvalue weighted by atomic mass is 16.4. The van der Waals surface area contributed by atoms with Crippen molar-refractivity contribution in [2.24, 2.45) is 40.3 Å². The average molecular weight is 1840 g/mol. The molecule has 0 unspecified atom stereocenters. The number of benzene rings is 2. The molecule has 3 heterocycles. The minimum atomic E-state index is -1.51. The highest BCUT2D eigenvalue weighted by Gasteiger charge is 2.39. The summed E-state index contributed by atoms with van der Waals surface area (Å²) in [6.07, 6.45) is 2.12. The lowest BCUT2D eigenvalue weighted by atomic mass is 10.0. The number of guanidine groups is 5. The number of fused-ring (bicyclic) bond motifs is 1. The Labute approximate surface area is 755 Å². The first-order valence-electron chi connectivity index (χ1n) is 42.7. The van der Waals surface area contributed by atoms with Crippen LogP contribution in [0.1, 0.15) is 158 Å². The zero-order valence-electron chi connectivity index (χ0n) is 73.8. The van der Waals surface area contributed by atoms with Gasteiger partial charge in [-0.2, -0.15) is 9.97 Å². The van der Waals surface area contributed by atoms with Gasteiger partial charge in [-0.3, -0.25) is 94.2 Å². The van der Waals surface area contributed by atoms with Crippen LogP contribution in [0.2, 0.25) is 0 Å². The lowest BCUT2D eigenvalue weighted by molar-refractivity contribution is -0.140. The number of nitrogens with one attached hydrogen (secondary N) is 21. The summed E-state index contributed by atoms with van der Waals surface area (Å²) in [5.74, 6) is -14.4. The molecular formula is C80H127N35O16. The summed E-state index contributed by atoms with van der Waals surface area (Å²) < 4.78 is 0. The normalized spacial score (nSPS) is 14.1. The number of primary amides is 1. The highest BCUT2D eigenvalue weighted by Crippen LogP contribution is 2.22. The van der Waals surface area contributed by atoms with Crippen LogP contribution in [-0.4, -0.2) is 267 Å². The number of aromatic hydroxyl groups is 1. The highest BCUT2D eigenvalue weighted by molar-refractivity contribution is 6.00. The number of aliphatic carboxylic acids is 1. The first-order chi connectivity index (χ1) is 62.1. The number of amides is 13. The van der Waals surface area contributed by atoms with Gasteiger partial charge in [-0.15, -0.1) is 0 Å². The van der Waals surface area contributed by atoms with Crippen LogP contribution in [0.3, 0.4) is 0 Å². The molecule has 0 radical (unpaired) electrons. The quantitative estimate of drug-likeness (QED) is 0.0111. The molecule has 131 heavy (non-hydrogen) atoms. The van der Waals surface area contributed by atoms with E-state index in [0.717, 1.165) is 0 Å². The summed E-state index contributed by atoms with van der Waals surface area (Å²) in [6, 6.07) is -1.39. The monoisotopic (exact) mass is 1830 g/mol. The van der Waals surface area contributed by atoms with Crippen LogP contribution in [0, 0.1) is 33.0 Å². The maximum atomic E-state index is 14.7. The number of aromatic nitrogens is 4. The Hall–Kier alpha value is -15.0. The van der Waals surface area contributed by atoms with Crippen LogP contribution < -0.4 is 136 Å². The molecular weight excluding hydrogens is 1710 g/mol. The van der Waals surface area contributed by atoms with Gasteiger partial charge in [-0.25, -0.2) is 9.97 Å². The van der Waals surface area contributed by atoms with E-state index in [2.05, 4.69) is 105 Å². The SMILES string of the molecule is CC(C)[C@H](NC(=O)[C@H](CCCNC(=N)N)NC(=O)[C@H](C)NC(=O)[C@H](Cc1ccc(O)cc1)NC(=O)CCCCCNC(=O)[C@H](CCC(=O)O)NC(=O)c1ccc(N(C)Cc2cnc3nc(N)nc(N)c3n2)cc1)C(=O)N[C@@H](CCCNC(=N)N)C(=O)N[C@@H](CCCNC(=N)N)C(=O)NCC(=O)N1CCC[C@H]1C(=O)N[C@@H](CCCNC(=N)N)C(=O)N[C@@H](CCCNC(=N)N)C(N)=O. The molecule has 0 saturated carbocycles. The second kappa shape index (κ2) is 54.9. The first kappa shape index (κ1) is 107. The number of carboxylic acids is 1. The van der Waals surface area contributed by atoms with E-state index in [1.165, 1.54) is 54.4 Å². The Bertz CT molecular complexity index is 4640. The van der Waals surface area contributed by atoms with Crippen molar-refractivity contribution in [3.8, 4) is 5.75 Å². The predicted octanol–water partition coefficient (Wildman–Crippen LogP) is -6.73. The summed E-state index contributed by atoms with van der Waals surface area (Å²) in [5.41, 5.74) is 47.1. The number of phenols is 1. The molecule has 0 bridgehead atoms. The fraction of sp³-hybridized carbons (Fsp3) is 0.537. The Morgan fingerprint density at radius 2 is 0.962 bits per heavy atom. The van der Waals surface area contributed by atoms with Gasteiger partial charge in [0.05, 0.1) is 25.0 Å². The molecule has 2 aromatic heterocycles. The Balaban J connectivity index is 1.23. The van der Waals surface area contributed by atoms with Crippen molar-refractivity contribution in [3.63, 3.8) is 0 Å². The van der Waals surface area contributed by atoms with Gasteiger partial charge in [-0.05, 0) is 151 Å². The number of carbonyl (C=O) groups is 14. The summed E-state index contributed by atoms with van der Waals surface area (Å²) in [4.78, 5) is 213. The van der Waals surface area contributed by atoms with Gasteiger partial charge in [0, 0.05) is 83.4 Å². The lowest BCUT2D eigenvalue weighted by Crippen LogP contribution is -2.60. The van der Waals surface area contributed by atoms with E-state index in [1.807, 2.05) is 4.90 Å². The van der Waals surface area contributed by atoms with E-state index >= 15 is 0 Å². The molecule has 51 heteroatoms. The van der Waals surface area contributed by atoms with E-state index in [4.69, 9.17) is 72.9 Å². The fourth-order valence-electron chi connectivity index (χ4n) is 13.6. The summed E-state index contributed by atoms with van der Waals surface area (Å²) in [6.45, 7) is 4.46. The van der Waals surface area contributed by atoms with E-state index in [9.17, 15) is 77.3 Å². The molecule has 39 N–H and O–H groups in total. The number of phenolic OH excluding ortho intramolecular Hbond substituents is 1. The van der Waals surface area contributed by atoms with Crippen molar-refractivity contribution >= 4 is 141 Å². The smallest absolute Gasteiger partial charge is 0.303 e. The molecule has 718 valence electrons. The Morgan fingerprint density at radius 3 is 1.49 bits per heavy atom. The third kappa shape index (κ3) is 39.0. The number of hydrogen-bond acceptors (Lipinski definition) is 27. The van der Waals surface area contributed by atoms with E-state index in [-0.39, 0.29) is 195 Å². The molecule has 0 spiro atoms. The molecule has 1 aliphatic heterocycles. The average Bonchev–Trinajstić information content (AvgIpc) is 1.48. The number of anilines is 3. The fourth-order valence-corrected chi connectivity index (χ4v) is 13.6. The Kier molecular flexibility index (Phi) is 44.6. The van der Waals surface area contributed by atoms with Gasteiger partial charge in [-0.1, -0.05) is 32.4 Å². The molecule has 1 saturated heterocycles. The van der Waals surface area contributed by atoms with Crippen molar-refractivity contribution in [1.29, 1.82) is 27.0 Å². The van der Waals surface area contributed by atoms with Gasteiger partial charge >= 0.3 is 5.97 Å². The summed E-state index contributed by atoms with van der Waals surface area (Å²) in [7, 11) is 1.78. The molecule has 5 rings (SSSR count). The zero-order chi connectivity index (χ0) is 97.0. The molecule has 0 aliphatic carbocycles. The molecule has 1 aliphatic rings. The summed E-state index contributed by atoms with van der Waals surface area (Å²) >= 11 is 0. The van der Waals surface area contributed by atoms with Gasteiger partial charge < -0.3 is 151 Å². The molecule has 1 fully saturated rings. The number of nitrogens with zero attached hydrogens (tertiary/aromatic N) is 6. The molecule has 10 atom stereocenters. The first-order valence-corrected chi connectivity index (χ1v) is 42.7. The van der Waals surface area contributed by atoms with Crippen LogP contribution in [0.5, 0.6) is 5.75 Å². The molecule has 51 nitrogen and oxygen atoms in total. The van der Waals surface area contributed by atoms with Gasteiger partial charge in [0.15, 0.2) is 46.8 Å². The second-order valence-electron chi connectivity index (χ2n) is 31.5. The van der Waals surface area contributed by atoms with Gasteiger partial charge in [0.25, 0.3) is 5.91 Å².